The van der Waals surface area contributed by atoms with Crippen LogP contribution in [0.4, 0.5) is 0 Å². The summed E-state index contributed by atoms with van der Waals surface area (Å²) in [6.07, 6.45) is 7.13. The topological polar surface area (TPSA) is 37.3 Å². The number of carbonyl (C=O) groups excluding carboxylic acids is 1. The van der Waals surface area contributed by atoms with Gasteiger partial charge in [0.15, 0.2) is 0 Å². The molecule has 2 nitrogen and oxygen atoms in total. The Hall–Kier alpha value is -0.370. The van der Waals surface area contributed by atoms with Crippen LogP contribution >= 0.6 is 0 Å². The molecule has 1 N–H and O–H groups in total. The Morgan fingerprint density at radius 3 is 2.88 bits per heavy atom. The second-order valence-corrected chi connectivity index (χ2v) is 6.54. The first-order chi connectivity index (χ1) is 7.59. The van der Waals surface area contributed by atoms with Gasteiger partial charge in [0.1, 0.15) is 5.78 Å². The molecular formula is C14H22O2. The fraction of sp³-hybridized carbons (Fsp3) is 0.929. The molecule has 3 saturated carbocycles. The highest BCUT2D eigenvalue weighted by Gasteiger charge is 2.52. The van der Waals surface area contributed by atoms with Crippen LogP contribution in [0.5, 0.6) is 0 Å². The normalized spacial score (nSPS) is 52.2. The van der Waals surface area contributed by atoms with E-state index < -0.39 is 0 Å². The molecule has 3 rings (SSSR count). The Bertz CT molecular complexity index is 312. The molecule has 0 bridgehead atoms. The highest BCUT2D eigenvalue weighted by molar-refractivity contribution is 5.79. The lowest BCUT2D eigenvalue weighted by Gasteiger charge is -2.48. The van der Waals surface area contributed by atoms with E-state index in [1.54, 1.807) is 0 Å². The summed E-state index contributed by atoms with van der Waals surface area (Å²) in [7, 11) is 0. The Morgan fingerprint density at radius 1 is 1.25 bits per heavy atom. The maximum absolute atomic E-state index is 11.5. The molecule has 2 heteroatoms. The van der Waals surface area contributed by atoms with Gasteiger partial charge in [-0.25, -0.2) is 0 Å². The first kappa shape index (κ1) is 10.8. The zero-order chi connectivity index (χ0) is 11.3. The summed E-state index contributed by atoms with van der Waals surface area (Å²) in [4.78, 5) is 11.5. The smallest absolute Gasteiger partial charge is 0.133 e. The molecule has 0 saturated heterocycles. The van der Waals surface area contributed by atoms with E-state index in [1.165, 1.54) is 12.8 Å². The maximum atomic E-state index is 11.5. The molecule has 5 atom stereocenters. The zero-order valence-corrected chi connectivity index (χ0v) is 10.1. The Kier molecular flexibility index (Phi) is 2.39. The summed E-state index contributed by atoms with van der Waals surface area (Å²) in [6.45, 7) is 2.28. The molecular weight excluding hydrogens is 200 g/mol. The van der Waals surface area contributed by atoms with Gasteiger partial charge in [-0.1, -0.05) is 6.92 Å². The van der Waals surface area contributed by atoms with Crippen LogP contribution in [0.25, 0.3) is 0 Å². The molecule has 0 aromatic heterocycles. The van der Waals surface area contributed by atoms with E-state index in [4.69, 9.17) is 0 Å². The number of carbonyl (C=O) groups is 1. The van der Waals surface area contributed by atoms with Crippen molar-refractivity contribution in [1.82, 2.24) is 0 Å². The van der Waals surface area contributed by atoms with Gasteiger partial charge >= 0.3 is 0 Å². The first-order valence-corrected chi connectivity index (χ1v) is 6.79. The lowest BCUT2D eigenvalue weighted by molar-refractivity contribution is -0.125. The van der Waals surface area contributed by atoms with Gasteiger partial charge in [0, 0.05) is 12.8 Å². The number of aliphatic hydroxyl groups is 1. The molecule has 0 amide bonds. The summed E-state index contributed by atoms with van der Waals surface area (Å²) in [5.74, 6) is 2.51. The van der Waals surface area contributed by atoms with Gasteiger partial charge in [-0.05, 0) is 55.3 Å². The first-order valence-electron chi connectivity index (χ1n) is 6.79. The predicted molar refractivity (Wildman–Crippen MR) is 61.9 cm³/mol. The molecule has 0 aromatic carbocycles. The lowest BCUT2D eigenvalue weighted by atomic mass is 9.57. The Morgan fingerprint density at radius 2 is 2.06 bits per heavy atom. The third-order valence-corrected chi connectivity index (χ3v) is 5.72. The van der Waals surface area contributed by atoms with E-state index in [0.29, 0.717) is 23.5 Å². The van der Waals surface area contributed by atoms with Crippen LogP contribution in [-0.2, 0) is 4.79 Å². The second kappa shape index (κ2) is 3.56. The van der Waals surface area contributed by atoms with Gasteiger partial charge in [0.05, 0.1) is 6.10 Å². The van der Waals surface area contributed by atoms with E-state index in [0.717, 1.165) is 32.1 Å². The molecule has 90 valence electrons. The number of hydrogen-bond donors (Lipinski definition) is 1. The largest absolute Gasteiger partial charge is 0.393 e. The van der Waals surface area contributed by atoms with E-state index >= 15 is 0 Å². The molecule has 0 heterocycles. The third kappa shape index (κ3) is 1.46. The van der Waals surface area contributed by atoms with Crippen molar-refractivity contribution in [2.75, 3.05) is 0 Å². The summed E-state index contributed by atoms with van der Waals surface area (Å²) in [5.41, 5.74) is 0.168. The molecule has 0 unspecified atom stereocenters. The molecule has 16 heavy (non-hydrogen) atoms. The van der Waals surface area contributed by atoms with Crippen molar-refractivity contribution in [1.29, 1.82) is 0 Å². The maximum Gasteiger partial charge on any atom is 0.133 e. The Labute approximate surface area is 97.4 Å². The van der Waals surface area contributed by atoms with Crippen LogP contribution in [0.2, 0.25) is 0 Å². The van der Waals surface area contributed by atoms with Crippen molar-refractivity contribution in [3.63, 3.8) is 0 Å². The van der Waals surface area contributed by atoms with Crippen LogP contribution < -0.4 is 0 Å². The minimum Gasteiger partial charge on any atom is -0.393 e. The minimum atomic E-state index is -0.0870. The SMILES string of the molecule is C[C@]12C[C@H]3CCC(=O)C[C@@H]3C[C@@H]1CC[C@@H]2O. The van der Waals surface area contributed by atoms with Crippen molar-refractivity contribution in [3.05, 3.63) is 0 Å². The number of hydrogen-bond acceptors (Lipinski definition) is 2. The fourth-order valence-corrected chi connectivity index (χ4v) is 4.60. The molecule has 3 aliphatic rings. The molecule has 3 aliphatic carbocycles. The van der Waals surface area contributed by atoms with Crippen molar-refractivity contribution in [3.8, 4) is 0 Å². The van der Waals surface area contributed by atoms with Crippen molar-refractivity contribution >= 4 is 5.78 Å². The summed E-state index contributed by atoms with van der Waals surface area (Å²) < 4.78 is 0. The van der Waals surface area contributed by atoms with Crippen molar-refractivity contribution in [2.45, 2.75) is 58.0 Å². The van der Waals surface area contributed by atoms with E-state index in [2.05, 4.69) is 6.92 Å². The molecule has 0 radical (unpaired) electrons. The molecule has 3 fully saturated rings. The summed E-state index contributed by atoms with van der Waals surface area (Å²) >= 11 is 0. The molecule has 0 spiro atoms. The lowest BCUT2D eigenvalue weighted by Crippen LogP contribution is -2.43. The van der Waals surface area contributed by atoms with Gasteiger partial charge in [-0.2, -0.15) is 0 Å². The van der Waals surface area contributed by atoms with Crippen molar-refractivity contribution < 1.29 is 9.90 Å². The van der Waals surface area contributed by atoms with Gasteiger partial charge in [-0.15, -0.1) is 0 Å². The standard InChI is InChI=1S/C14H22O2/c1-14-8-9-2-4-12(15)7-10(9)6-11(14)3-5-13(14)16/h9-11,13,16H,2-8H2,1H3/t9-,10+,11+,13+,14+/m1/s1. The quantitative estimate of drug-likeness (QED) is 0.684. The number of rotatable bonds is 0. The monoisotopic (exact) mass is 222 g/mol. The van der Waals surface area contributed by atoms with Crippen LogP contribution in [-0.4, -0.2) is 17.0 Å². The minimum absolute atomic E-state index is 0.0870. The van der Waals surface area contributed by atoms with Crippen LogP contribution in [0.3, 0.4) is 0 Å². The predicted octanol–water partition coefficient (Wildman–Crippen LogP) is 2.54. The van der Waals surface area contributed by atoms with E-state index in [-0.39, 0.29) is 11.5 Å². The summed E-state index contributed by atoms with van der Waals surface area (Å²) in [5, 5.41) is 10.2. The van der Waals surface area contributed by atoms with Gasteiger partial charge < -0.3 is 5.11 Å². The molecule has 0 aliphatic heterocycles. The Balaban J connectivity index is 1.80. The third-order valence-electron chi connectivity index (χ3n) is 5.72. The van der Waals surface area contributed by atoms with Crippen molar-refractivity contribution in [2.24, 2.45) is 23.2 Å². The average molecular weight is 222 g/mol. The summed E-state index contributed by atoms with van der Waals surface area (Å²) in [6, 6.07) is 0. The highest BCUT2D eigenvalue weighted by atomic mass is 16.3. The number of Topliss-reactive ketones (excluding diaryl/α,β-unsaturated/α-hetero) is 1. The fourth-order valence-electron chi connectivity index (χ4n) is 4.60. The van der Waals surface area contributed by atoms with Crippen LogP contribution in [0, 0.1) is 23.2 Å². The van der Waals surface area contributed by atoms with Crippen LogP contribution in [0.15, 0.2) is 0 Å². The number of fused-ring (bicyclic) bond motifs is 2. The highest BCUT2D eigenvalue weighted by Crippen LogP contribution is 2.57. The van der Waals surface area contributed by atoms with Gasteiger partial charge in [-0.3, -0.25) is 4.79 Å². The van der Waals surface area contributed by atoms with E-state index in [1.807, 2.05) is 0 Å². The van der Waals surface area contributed by atoms with Gasteiger partial charge in [0.2, 0.25) is 0 Å². The zero-order valence-electron chi connectivity index (χ0n) is 10.1. The molecule has 0 aromatic rings. The number of aliphatic hydroxyl groups excluding tert-OH is 1. The van der Waals surface area contributed by atoms with E-state index in [9.17, 15) is 9.90 Å². The average Bonchev–Trinajstić information content (AvgIpc) is 2.53. The number of ketones is 1. The van der Waals surface area contributed by atoms with Crippen LogP contribution in [0.1, 0.15) is 51.9 Å². The van der Waals surface area contributed by atoms with Gasteiger partial charge in [0.25, 0.3) is 0 Å². The second-order valence-electron chi connectivity index (χ2n) is 6.54.